The minimum absolute atomic E-state index is 0.0820. The Morgan fingerprint density at radius 3 is 2.65 bits per heavy atom. The lowest BCUT2D eigenvalue weighted by Gasteiger charge is -2.08. The number of nitrogens with two attached hydrogens (primary N) is 1. The minimum Gasteiger partial charge on any atom is -0.372 e. The van der Waals surface area contributed by atoms with Crippen molar-refractivity contribution in [3.05, 3.63) is 0 Å². The molecule has 0 aromatic carbocycles. The molecular weight excluding hydrogens is 220 g/mol. The van der Waals surface area contributed by atoms with E-state index in [1.165, 1.54) is 0 Å². The quantitative estimate of drug-likeness (QED) is 0.558. The highest BCUT2D eigenvalue weighted by Gasteiger charge is 2.07. The third kappa shape index (κ3) is 9.81. The highest BCUT2D eigenvalue weighted by atomic mass is 16.5. The first-order chi connectivity index (χ1) is 8.07. The first kappa shape index (κ1) is 15.9. The predicted octanol–water partition coefficient (Wildman–Crippen LogP) is 0.821. The summed E-state index contributed by atoms with van der Waals surface area (Å²) in [7, 11) is 0. The van der Waals surface area contributed by atoms with Crippen LogP contribution in [0.2, 0.25) is 0 Å². The van der Waals surface area contributed by atoms with Gasteiger partial charge in [-0.3, -0.25) is 9.59 Å². The molecule has 0 saturated carbocycles. The molecule has 0 fully saturated rings. The number of carbonyl (C=O) groups excluding carboxylic acids is 2. The number of hydrogen-bond acceptors (Lipinski definition) is 3. The molecule has 0 heterocycles. The average Bonchev–Trinajstić information content (AvgIpc) is 2.28. The van der Waals surface area contributed by atoms with Gasteiger partial charge >= 0.3 is 0 Å². The lowest BCUT2D eigenvalue weighted by Crippen LogP contribution is -2.28. The van der Waals surface area contributed by atoms with Gasteiger partial charge in [-0.15, -0.1) is 0 Å². The number of unbranched alkanes of at least 4 members (excludes halogenated alkanes) is 1. The van der Waals surface area contributed by atoms with Gasteiger partial charge in [0.15, 0.2) is 0 Å². The molecule has 3 N–H and O–H groups in total. The summed E-state index contributed by atoms with van der Waals surface area (Å²) in [6.07, 6.45) is 3.44. The van der Waals surface area contributed by atoms with Gasteiger partial charge in [-0.05, 0) is 19.3 Å². The van der Waals surface area contributed by atoms with Gasteiger partial charge in [0.2, 0.25) is 11.8 Å². The SMILES string of the molecule is CCCOCC(=O)NCCCC[C@H](C)C(N)=O. The molecule has 0 radical (unpaired) electrons. The van der Waals surface area contributed by atoms with E-state index >= 15 is 0 Å². The van der Waals surface area contributed by atoms with Crippen LogP contribution in [0.25, 0.3) is 0 Å². The molecule has 5 nitrogen and oxygen atoms in total. The summed E-state index contributed by atoms with van der Waals surface area (Å²) in [5.41, 5.74) is 5.14. The van der Waals surface area contributed by atoms with E-state index in [0.29, 0.717) is 13.2 Å². The number of ether oxygens (including phenoxy) is 1. The molecule has 100 valence electrons. The van der Waals surface area contributed by atoms with Crippen LogP contribution in [-0.2, 0) is 14.3 Å². The van der Waals surface area contributed by atoms with Gasteiger partial charge in [0.25, 0.3) is 0 Å². The van der Waals surface area contributed by atoms with Crippen molar-refractivity contribution < 1.29 is 14.3 Å². The van der Waals surface area contributed by atoms with Crippen LogP contribution in [0.5, 0.6) is 0 Å². The van der Waals surface area contributed by atoms with Crippen LogP contribution < -0.4 is 11.1 Å². The van der Waals surface area contributed by atoms with Crippen molar-refractivity contribution in [1.29, 1.82) is 0 Å². The van der Waals surface area contributed by atoms with Crippen molar-refractivity contribution in [2.45, 2.75) is 39.5 Å². The van der Waals surface area contributed by atoms with E-state index in [9.17, 15) is 9.59 Å². The van der Waals surface area contributed by atoms with Crippen LogP contribution in [0.3, 0.4) is 0 Å². The number of rotatable bonds is 10. The molecule has 0 aromatic rings. The summed E-state index contributed by atoms with van der Waals surface area (Å²) < 4.78 is 5.10. The molecule has 0 aromatic heterocycles. The number of nitrogens with one attached hydrogen (secondary N) is 1. The molecule has 17 heavy (non-hydrogen) atoms. The summed E-state index contributed by atoms with van der Waals surface area (Å²) in [5.74, 6) is -0.429. The summed E-state index contributed by atoms with van der Waals surface area (Å²) in [6.45, 7) is 5.19. The molecule has 1 atom stereocenters. The third-order valence-corrected chi connectivity index (χ3v) is 2.45. The Morgan fingerprint density at radius 1 is 1.35 bits per heavy atom. The second kappa shape index (κ2) is 10.1. The Hall–Kier alpha value is -1.10. The van der Waals surface area contributed by atoms with Crippen molar-refractivity contribution in [2.75, 3.05) is 19.8 Å². The van der Waals surface area contributed by atoms with Crippen LogP contribution in [-0.4, -0.2) is 31.6 Å². The summed E-state index contributed by atoms with van der Waals surface area (Å²) in [4.78, 5) is 22.0. The van der Waals surface area contributed by atoms with E-state index in [2.05, 4.69) is 5.32 Å². The third-order valence-electron chi connectivity index (χ3n) is 2.45. The molecule has 0 aliphatic carbocycles. The molecule has 0 spiro atoms. The van der Waals surface area contributed by atoms with E-state index in [-0.39, 0.29) is 24.3 Å². The molecule has 0 aliphatic heterocycles. The topological polar surface area (TPSA) is 81.4 Å². The fourth-order valence-electron chi connectivity index (χ4n) is 1.31. The molecule has 0 bridgehead atoms. The summed E-state index contributed by atoms with van der Waals surface area (Å²) in [6, 6.07) is 0. The van der Waals surface area contributed by atoms with Crippen molar-refractivity contribution >= 4 is 11.8 Å². The number of primary amides is 1. The van der Waals surface area contributed by atoms with E-state index in [0.717, 1.165) is 25.7 Å². The smallest absolute Gasteiger partial charge is 0.245 e. The van der Waals surface area contributed by atoms with Crippen LogP contribution in [0.15, 0.2) is 0 Å². The number of hydrogen-bond donors (Lipinski definition) is 2. The maximum Gasteiger partial charge on any atom is 0.245 e. The molecule has 0 rings (SSSR count). The molecule has 0 aliphatic rings. The fraction of sp³-hybridized carbons (Fsp3) is 0.833. The Morgan fingerprint density at radius 2 is 2.06 bits per heavy atom. The highest BCUT2D eigenvalue weighted by Crippen LogP contribution is 2.05. The van der Waals surface area contributed by atoms with E-state index in [1.54, 1.807) is 0 Å². The van der Waals surface area contributed by atoms with Gasteiger partial charge in [0, 0.05) is 19.1 Å². The van der Waals surface area contributed by atoms with Crippen LogP contribution >= 0.6 is 0 Å². The van der Waals surface area contributed by atoms with Crippen molar-refractivity contribution in [3.63, 3.8) is 0 Å². The molecule has 0 unspecified atom stereocenters. The number of carbonyl (C=O) groups is 2. The normalized spacial score (nSPS) is 12.1. The maximum absolute atomic E-state index is 11.2. The predicted molar refractivity (Wildman–Crippen MR) is 66.3 cm³/mol. The van der Waals surface area contributed by atoms with Gasteiger partial charge in [-0.25, -0.2) is 0 Å². The van der Waals surface area contributed by atoms with Crippen molar-refractivity contribution in [3.8, 4) is 0 Å². The van der Waals surface area contributed by atoms with Gasteiger partial charge in [0.1, 0.15) is 6.61 Å². The average molecular weight is 244 g/mol. The Kier molecular flexibility index (Phi) is 9.43. The monoisotopic (exact) mass is 244 g/mol. The lowest BCUT2D eigenvalue weighted by atomic mass is 10.0. The zero-order chi connectivity index (χ0) is 13.1. The van der Waals surface area contributed by atoms with Gasteiger partial charge < -0.3 is 15.8 Å². The lowest BCUT2D eigenvalue weighted by molar-refractivity contribution is -0.125. The first-order valence-electron chi connectivity index (χ1n) is 6.21. The van der Waals surface area contributed by atoms with E-state index in [1.807, 2.05) is 13.8 Å². The van der Waals surface area contributed by atoms with Crippen LogP contribution in [0, 0.1) is 5.92 Å². The molecule has 5 heteroatoms. The first-order valence-corrected chi connectivity index (χ1v) is 6.21. The molecule has 0 saturated heterocycles. The van der Waals surface area contributed by atoms with Crippen molar-refractivity contribution in [1.82, 2.24) is 5.32 Å². The van der Waals surface area contributed by atoms with Crippen LogP contribution in [0.1, 0.15) is 39.5 Å². The fourth-order valence-corrected chi connectivity index (χ4v) is 1.31. The second-order valence-corrected chi connectivity index (χ2v) is 4.20. The largest absolute Gasteiger partial charge is 0.372 e. The van der Waals surface area contributed by atoms with Crippen molar-refractivity contribution in [2.24, 2.45) is 11.7 Å². The zero-order valence-corrected chi connectivity index (χ0v) is 10.8. The minimum atomic E-state index is -0.262. The van der Waals surface area contributed by atoms with Gasteiger partial charge in [0.05, 0.1) is 0 Å². The highest BCUT2D eigenvalue weighted by molar-refractivity contribution is 5.77. The standard InChI is InChI=1S/C12H24N2O3/c1-3-8-17-9-11(15)14-7-5-4-6-10(2)12(13)16/h10H,3-9H2,1-2H3,(H2,13,16)(H,14,15)/t10-/m0/s1. The number of amides is 2. The van der Waals surface area contributed by atoms with E-state index in [4.69, 9.17) is 10.5 Å². The van der Waals surface area contributed by atoms with E-state index < -0.39 is 0 Å². The Labute approximate surface area is 103 Å². The molecular formula is C12H24N2O3. The zero-order valence-electron chi connectivity index (χ0n) is 10.8. The van der Waals surface area contributed by atoms with Crippen LogP contribution in [0.4, 0.5) is 0 Å². The second-order valence-electron chi connectivity index (χ2n) is 4.20. The summed E-state index contributed by atoms with van der Waals surface area (Å²) in [5, 5.41) is 2.76. The van der Waals surface area contributed by atoms with Gasteiger partial charge in [-0.2, -0.15) is 0 Å². The maximum atomic E-state index is 11.2. The Balaban J connectivity index is 3.33. The van der Waals surface area contributed by atoms with Gasteiger partial charge in [-0.1, -0.05) is 20.3 Å². The Bertz CT molecular complexity index is 232. The molecule has 2 amide bonds. The summed E-state index contributed by atoms with van der Waals surface area (Å²) >= 11 is 0.